The van der Waals surface area contributed by atoms with E-state index in [4.69, 9.17) is 14.7 Å². The van der Waals surface area contributed by atoms with Crippen LogP contribution in [-0.2, 0) is 19.6 Å². The summed E-state index contributed by atoms with van der Waals surface area (Å²) in [6, 6.07) is 23.3. The third-order valence-corrected chi connectivity index (χ3v) is 4.90. The van der Waals surface area contributed by atoms with Crippen molar-refractivity contribution >= 4 is 11.5 Å². The number of ketones is 1. The van der Waals surface area contributed by atoms with E-state index in [1.54, 1.807) is 6.07 Å². The molecule has 0 saturated heterocycles. The van der Waals surface area contributed by atoms with Crippen LogP contribution in [0.15, 0.2) is 78.0 Å². The van der Waals surface area contributed by atoms with Crippen LogP contribution in [0.3, 0.4) is 0 Å². The van der Waals surface area contributed by atoms with Gasteiger partial charge in [-0.2, -0.15) is 0 Å². The van der Waals surface area contributed by atoms with E-state index in [2.05, 4.69) is 5.16 Å². The van der Waals surface area contributed by atoms with Crippen LogP contribution in [0.4, 0.5) is 0 Å². The summed E-state index contributed by atoms with van der Waals surface area (Å²) in [6.07, 6.45) is 1.02. The summed E-state index contributed by atoms with van der Waals surface area (Å²) in [7, 11) is 0. The zero-order valence-electron chi connectivity index (χ0n) is 15.9. The average molecular weight is 387 g/mol. The molecular weight excluding hydrogens is 366 g/mol. The molecule has 0 unspecified atom stereocenters. The standard InChI is InChI=1S/C24H21NO4/c26-24-20-14-23(29-16-18-9-5-2-6-10-18)22(13-19(20)11-12-21(24)25-27)28-15-17-7-3-1-4-8-17/h1-10,13-14,27H,11-12,15-16H2/b25-21+. The van der Waals surface area contributed by atoms with Gasteiger partial charge in [0.1, 0.15) is 18.9 Å². The fourth-order valence-corrected chi connectivity index (χ4v) is 3.33. The zero-order chi connectivity index (χ0) is 20.1. The van der Waals surface area contributed by atoms with Crippen LogP contribution in [-0.4, -0.2) is 16.7 Å². The SMILES string of the molecule is O=C1/C(=N/O)CCc2cc(OCc3ccccc3)c(OCc3ccccc3)cc21. The minimum Gasteiger partial charge on any atom is -0.485 e. The first-order valence-electron chi connectivity index (χ1n) is 9.50. The van der Waals surface area contributed by atoms with E-state index in [1.807, 2.05) is 66.7 Å². The van der Waals surface area contributed by atoms with Gasteiger partial charge in [-0.1, -0.05) is 65.8 Å². The van der Waals surface area contributed by atoms with Crippen LogP contribution in [0.2, 0.25) is 0 Å². The molecule has 1 N–H and O–H groups in total. The molecule has 5 nitrogen and oxygen atoms in total. The predicted molar refractivity (Wildman–Crippen MR) is 110 cm³/mol. The molecule has 0 bridgehead atoms. The van der Waals surface area contributed by atoms with E-state index in [0.717, 1.165) is 16.7 Å². The second-order valence-corrected chi connectivity index (χ2v) is 6.88. The van der Waals surface area contributed by atoms with Crippen LogP contribution in [0.5, 0.6) is 11.5 Å². The number of oxime groups is 1. The van der Waals surface area contributed by atoms with Gasteiger partial charge in [0.2, 0.25) is 5.78 Å². The summed E-state index contributed by atoms with van der Waals surface area (Å²) in [6.45, 7) is 0.759. The highest BCUT2D eigenvalue weighted by atomic mass is 16.5. The van der Waals surface area contributed by atoms with Gasteiger partial charge in [0.25, 0.3) is 0 Å². The van der Waals surface area contributed by atoms with Gasteiger partial charge in [0.05, 0.1) is 0 Å². The Bertz CT molecular complexity index is 1030. The number of ether oxygens (including phenoxy) is 2. The van der Waals surface area contributed by atoms with Crippen molar-refractivity contribution in [1.29, 1.82) is 0 Å². The van der Waals surface area contributed by atoms with E-state index in [0.29, 0.717) is 43.1 Å². The Morgan fingerprint density at radius 3 is 1.90 bits per heavy atom. The molecule has 0 spiro atoms. The summed E-state index contributed by atoms with van der Waals surface area (Å²) in [5.41, 5.74) is 3.61. The van der Waals surface area contributed by atoms with Crippen molar-refractivity contribution in [3.8, 4) is 11.5 Å². The highest BCUT2D eigenvalue weighted by Crippen LogP contribution is 2.35. The first kappa shape index (κ1) is 18.7. The molecule has 29 heavy (non-hydrogen) atoms. The third kappa shape index (κ3) is 4.29. The molecule has 1 aliphatic rings. The van der Waals surface area contributed by atoms with Crippen molar-refractivity contribution in [3.63, 3.8) is 0 Å². The molecular formula is C24H21NO4. The van der Waals surface area contributed by atoms with Crippen molar-refractivity contribution < 1.29 is 19.5 Å². The minimum absolute atomic E-state index is 0.171. The van der Waals surface area contributed by atoms with Crippen molar-refractivity contribution in [2.24, 2.45) is 5.16 Å². The summed E-state index contributed by atoms with van der Waals surface area (Å²) in [5, 5.41) is 12.2. The number of aryl methyl sites for hydroxylation is 1. The quantitative estimate of drug-likeness (QED) is 0.487. The summed E-state index contributed by atoms with van der Waals surface area (Å²) in [4.78, 5) is 12.6. The molecule has 4 rings (SSSR count). The number of carbonyl (C=O) groups excluding carboxylic acids is 1. The van der Waals surface area contributed by atoms with E-state index in [-0.39, 0.29) is 11.5 Å². The molecule has 0 atom stereocenters. The molecule has 0 aromatic heterocycles. The van der Waals surface area contributed by atoms with Gasteiger partial charge in [-0.15, -0.1) is 0 Å². The van der Waals surface area contributed by atoms with E-state index in [9.17, 15) is 4.79 Å². The first-order chi connectivity index (χ1) is 14.2. The number of benzene rings is 3. The van der Waals surface area contributed by atoms with E-state index < -0.39 is 0 Å². The van der Waals surface area contributed by atoms with Gasteiger partial charge in [0.15, 0.2) is 11.5 Å². The molecule has 0 fully saturated rings. The van der Waals surface area contributed by atoms with Crippen LogP contribution in [0.25, 0.3) is 0 Å². The van der Waals surface area contributed by atoms with Gasteiger partial charge in [-0.25, -0.2) is 0 Å². The molecule has 1 aliphatic carbocycles. The second-order valence-electron chi connectivity index (χ2n) is 6.88. The summed E-state index contributed by atoms with van der Waals surface area (Å²) < 4.78 is 12.1. The maximum Gasteiger partial charge on any atom is 0.210 e. The lowest BCUT2D eigenvalue weighted by atomic mass is 9.89. The topological polar surface area (TPSA) is 68.1 Å². The molecule has 0 aliphatic heterocycles. The monoisotopic (exact) mass is 387 g/mol. The number of fused-ring (bicyclic) bond motifs is 1. The zero-order valence-corrected chi connectivity index (χ0v) is 15.9. The largest absolute Gasteiger partial charge is 0.485 e. The number of rotatable bonds is 6. The van der Waals surface area contributed by atoms with Gasteiger partial charge < -0.3 is 14.7 Å². The first-order valence-corrected chi connectivity index (χ1v) is 9.50. The minimum atomic E-state index is -0.270. The molecule has 0 heterocycles. The highest BCUT2D eigenvalue weighted by Gasteiger charge is 2.26. The van der Waals surface area contributed by atoms with Crippen LogP contribution >= 0.6 is 0 Å². The number of Topliss-reactive ketones (excluding diaryl/α,β-unsaturated/α-hetero) is 1. The Hall–Kier alpha value is -3.60. The summed E-state index contributed by atoms with van der Waals surface area (Å²) in [5.74, 6) is 0.824. The lowest BCUT2D eigenvalue weighted by Gasteiger charge is -2.20. The van der Waals surface area contributed by atoms with Crippen LogP contribution in [0.1, 0.15) is 33.5 Å². The molecule has 0 amide bonds. The van der Waals surface area contributed by atoms with Gasteiger partial charge in [0, 0.05) is 12.0 Å². The van der Waals surface area contributed by atoms with Crippen molar-refractivity contribution in [2.75, 3.05) is 0 Å². The molecule has 146 valence electrons. The molecule has 5 heteroatoms. The number of carbonyl (C=O) groups is 1. The van der Waals surface area contributed by atoms with Crippen molar-refractivity contribution in [2.45, 2.75) is 26.1 Å². The highest BCUT2D eigenvalue weighted by molar-refractivity contribution is 6.47. The van der Waals surface area contributed by atoms with Crippen LogP contribution in [0, 0.1) is 0 Å². The molecule has 0 radical (unpaired) electrons. The second kappa shape index (κ2) is 8.61. The van der Waals surface area contributed by atoms with Crippen molar-refractivity contribution in [3.05, 3.63) is 95.1 Å². The van der Waals surface area contributed by atoms with Crippen LogP contribution < -0.4 is 9.47 Å². The van der Waals surface area contributed by atoms with Gasteiger partial charge in [-0.05, 0) is 35.2 Å². The van der Waals surface area contributed by atoms with E-state index in [1.165, 1.54) is 0 Å². The van der Waals surface area contributed by atoms with Gasteiger partial charge in [-0.3, -0.25) is 4.79 Å². The fourth-order valence-electron chi connectivity index (χ4n) is 3.33. The Morgan fingerprint density at radius 2 is 1.34 bits per heavy atom. The Labute approximate surface area is 169 Å². The van der Waals surface area contributed by atoms with E-state index >= 15 is 0 Å². The van der Waals surface area contributed by atoms with Crippen molar-refractivity contribution in [1.82, 2.24) is 0 Å². The smallest absolute Gasteiger partial charge is 0.210 e. The molecule has 3 aromatic carbocycles. The Balaban J connectivity index is 1.63. The molecule has 3 aromatic rings. The Morgan fingerprint density at radius 1 is 0.793 bits per heavy atom. The fraction of sp³-hybridized carbons (Fsp3) is 0.167. The normalized spacial score (nSPS) is 14.5. The predicted octanol–water partition coefficient (Wildman–Crippen LogP) is 4.80. The number of hydrogen-bond acceptors (Lipinski definition) is 5. The maximum atomic E-state index is 12.6. The maximum absolute atomic E-state index is 12.6. The average Bonchev–Trinajstić information content (AvgIpc) is 2.78. The number of nitrogens with zero attached hydrogens (tertiary/aromatic N) is 1. The third-order valence-electron chi connectivity index (χ3n) is 4.90. The summed E-state index contributed by atoms with van der Waals surface area (Å²) >= 11 is 0. The Kier molecular flexibility index (Phi) is 5.56. The number of hydrogen-bond donors (Lipinski definition) is 1. The lowest BCUT2D eigenvalue weighted by molar-refractivity contribution is 0.105. The van der Waals surface area contributed by atoms with Gasteiger partial charge >= 0.3 is 0 Å². The molecule has 0 saturated carbocycles. The lowest BCUT2D eigenvalue weighted by Crippen LogP contribution is -2.22.